The largest absolute Gasteiger partial charge is 0.354 e. The Balaban J connectivity index is 2.26. The Bertz CT molecular complexity index is 910. The van der Waals surface area contributed by atoms with Crippen molar-refractivity contribution in [3.8, 4) is 11.3 Å². The van der Waals surface area contributed by atoms with Crippen molar-refractivity contribution in [2.75, 3.05) is 6.54 Å². The van der Waals surface area contributed by atoms with E-state index in [1.807, 2.05) is 0 Å². The number of nitrogens with one attached hydrogen (secondary N) is 1. The summed E-state index contributed by atoms with van der Waals surface area (Å²) in [5.41, 5.74) is 16.7. The number of hydrogen-bond donors (Lipinski definition) is 2. The van der Waals surface area contributed by atoms with E-state index in [9.17, 15) is 0 Å². The molecule has 0 aliphatic carbocycles. The highest BCUT2D eigenvalue weighted by Gasteiger charge is 2.19. The molecule has 0 saturated carbocycles. The molecule has 0 spiro atoms. The minimum Gasteiger partial charge on any atom is -0.354 e. The van der Waals surface area contributed by atoms with Gasteiger partial charge in [0.15, 0.2) is 0 Å². The van der Waals surface area contributed by atoms with Crippen LogP contribution in [-0.4, -0.2) is 11.5 Å². The number of aromatic nitrogens is 1. The summed E-state index contributed by atoms with van der Waals surface area (Å²) in [6.45, 7) is 12.0. The molecular formula is C25H34N2. The zero-order valence-corrected chi connectivity index (χ0v) is 17.6. The van der Waals surface area contributed by atoms with Gasteiger partial charge in [-0.3, -0.25) is 0 Å². The molecule has 1 atom stereocenters. The maximum absolute atomic E-state index is 5.77. The van der Waals surface area contributed by atoms with Crippen LogP contribution in [0, 0.1) is 20.8 Å². The van der Waals surface area contributed by atoms with Crippen LogP contribution >= 0.6 is 0 Å². The summed E-state index contributed by atoms with van der Waals surface area (Å²) in [7, 11) is 0. The number of aromatic amines is 1. The van der Waals surface area contributed by atoms with Crippen LogP contribution in [0.25, 0.3) is 22.2 Å². The van der Waals surface area contributed by atoms with Crippen LogP contribution in [0.15, 0.2) is 30.3 Å². The second-order valence-electron chi connectivity index (χ2n) is 8.08. The molecule has 0 aliphatic rings. The third-order valence-electron chi connectivity index (χ3n) is 5.92. The van der Waals surface area contributed by atoms with Crippen LogP contribution in [0.2, 0.25) is 0 Å². The van der Waals surface area contributed by atoms with Gasteiger partial charge in [0.05, 0.1) is 5.69 Å². The van der Waals surface area contributed by atoms with Crippen molar-refractivity contribution in [2.45, 2.75) is 66.2 Å². The van der Waals surface area contributed by atoms with Crippen LogP contribution < -0.4 is 5.73 Å². The van der Waals surface area contributed by atoms with E-state index in [1.54, 1.807) is 0 Å². The fraction of sp³-hybridized carbons (Fsp3) is 0.440. The van der Waals surface area contributed by atoms with Crippen molar-refractivity contribution in [2.24, 2.45) is 5.73 Å². The number of H-pyrrole nitrogens is 1. The summed E-state index contributed by atoms with van der Waals surface area (Å²) in [6, 6.07) is 11.4. The molecule has 144 valence electrons. The van der Waals surface area contributed by atoms with Crippen molar-refractivity contribution < 1.29 is 0 Å². The number of fused-ring (bicyclic) bond motifs is 1. The van der Waals surface area contributed by atoms with E-state index in [0.717, 1.165) is 32.2 Å². The van der Waals surface area contributed by atoms with E-state index < -0.39 is 0 Å². The normalized spacial score (nSPS) is 12.7. The van der Waals surface area contributed by atoms with Crippen molar-refractivity contribution >= 4 is 10.9 Å². The van der Waals surface area contributed by atoms with E-state index in [1.165, 1.54) is 50.0 Å². The highest BCUT2D eigenvalue weighted by Crippen LogP contribution is 2.38. The lowest BCUT2D eigenvalue weighted by molar-refractivity contribution is 0.738. The lowest BCUT2D eigenvalue weighted by Gasteiger charge is -2.13. The number of rotatable bonds is 7. The highest BCUT2D eigenvalue weighted by atomic mass is 14.7. The zero-order valence-electron chi connectivity index (χ0n) is 17.6. The third-order valence-corrected chi connectivity index (χ3v) is 5.92. The lowest BCUT2D eigenvalue weighted by atomic mass is 9.92. The molecular weight excluding hydrogens is 328 g/mol. The summed E-state index contributed by atoms with van der Waals surface area (Å²) < 4.78 is 0. The number of unbranched alkanes of at least 4 members (excludes halogenated alkanes) is 1. The highest BCUT2D eigenvalue weighted by molar-refractivity contribution is 5.94. The predicted molar refractivity (Wildman–Crippen MR) is 119 cm³/mol. The third kappa shape index (κ3) is 3.82. The van der Waals surface area contributed by atoms with E-state index in [4.69, 9.17) is 5.73 Å². The van der Waals surface area contributed by atoms with Crippen LogP contribution in [0.1, 0.15) is 66.8 Å². The molecule has 27 heavy (non-hydrogen) atoms. The summed E-state index contributed by atoms with van der Waals surface area (Å²) in [4.78, 5) is 3.86. The molecule has 3 N–H and O–H groups in total. The SMILES string of the molecule is CCC(C)c1cccc2c(CCCCN)c(-c3c(C)cc(C)cc3C)[nH]c12. The lowest BCUT2D eigenvalue weighted by Crippen LogP contribution is -2.00. The zero-order chi connectivity index (χ0) is 19.6. The summed E-state index contributed by atoms with van der Waals surface area (Å²) in [5.74, 6) is 0.553. The minimum absolute atomic E-state index is 0.553. The van der Waals surface area contributed by atoms with Crippen molar-refractivity contribution in [3.63, 3.8) is 0 Å². The monoisotopic (exact) mass is 362 g/mol. The van der Waals surface area contributed by atoms with Gasteiger partial charge in [-0.2, -0.15) is 0 Å². The molecule has 0 fully saturated rings. The molecule has 2 heteroatoms. The first kappa shape index (κ1) is 19.7. The first-order valence-corrected chi connectivity index (χ1v) is 10.4. The Morgan fingerprint density at radius 3 is 2.37 bits per heavy atom. The molecule has 0 aliphatic heterocycles. The first-order chi connectivity index (χ1) is 13.0. The molecule has 0 saturated heterocycles. The quantitative estimate of drug-likeness (QED) is 0.459. The van der Waals surface area contributed by atoms with E-state index in [0.29, 0.717) is 5.92 Å². The Morgan fingerprint density at radius 1 is 1.04 bits per heavy atom. The van der Waals surface area contributed by atoms with Crippen LogP contribution in [0.5, 0.6) is 0 Å². The average molecular weight is 363 g/mol. The van der Waals surface area contributed by atoms with Gasteiger partial charge in [0.25, 0.3) is 0 Å². The standard InChI is InChI=1S/C25H34N2/c1-6-17(3)20-11-9-12-21-22(10-7-8-13-26)25(27-24(20)21)23-18(4)14-16(2)15-19(23)5/h9,11-12,14-15,17,27H,6-8,10,13,26H2,1-5H3. The molecule has 2 aromatic carbocycles. The van der Waals surface area contributed by atoms with Gasteiger partial charge in [-0.15, -0.1) is 0 Å². The number of aryl methyl sites for hydroxylation is 4. The van der Waals surface area contributed by atoms with Crippen LogP contribution in [0.3, 0.4) is 0 Å². The number of benzene rings is 2. The number of hydrogen-bond acceptors (Lipinski definition) is 1. The fourth-order valence-corrected chi connectivity index (χ4v) is 4.42. The molecule has 1 unspecified atom stereocenters. The summed E-state index contributed by atoms with van der Waals surface area (Å²) >= 11 is 0. The van der Waals surface area contributed by atoms with Crippen LogP contribution in [0.4, 0.5) is 0 Å². The predicted octanol–water partition coefficient (Wildman–Crippen LogP) is 6.56. The van der Waals surface area contributed by atoms with Gasteiger partial charge in [-0.1, -0.05) is 49.7 Å². The summed E-state index contributed by atoms with van der Waals surface area (Å²) in [5, 5.41) is 1.39. The second-order valence-corrected chi connectivity index (χ2v) is 8.08. The van der Waals surface area contributed by atoms with E-state index in [2.05, 4.69) is 69.9 Å². The topological polar surface area (TPSA) is 41.8 Å². The van der Waals surface area contributed by atoms with Crippen LogP contribution in [-0.2, 0) is 6.42 Å². The maximum Gasteiger partial charge on any atom is 0.0502 e. The molecule has 0 bridgehead atoms. The Hall–Kier alpha value is -2.06. The second kappa shape index (κ2) is 8.31. The van der Waals surface area contributed by atoms with Crippen molar-refractivity contribution in [1.82, 2.24) is 4.98 Å². The van der Waals surface area contributed by atoms with Gasteiger partial charge in [-0.05, 0) is 81.2 Å². The van der Waals surface area contributed by atoms with Crippen molar-refractivity contribution in [1.29, 1.82) is 0 Å². The van der Waals surface area contributed by atoms with Gasteiger partial charge in [0.2, 0.25) is 0 Å². The first-order valence-electron chi connectivity index (χ1n) is 10.4. The molecule has 2 nitrogen and oxygen atoms in total. The Kier molecular flexibility index (Phi) is 6.06. The Morgan fingerprint density at radius 2 is 1.74 bits per heavy atom. The van der Waals surface area contributed by atoms with Gasteiger partial charge in [0, 0.05) is 16.5 Å². The number of nitrogens with two attached hydrogens (primary N) is 1. The molecule has 1 aromatic heterocycles. The van der Waals surface area contributed by atoms with Gasteiger partial charge in [-0.25, -0.2) is 0 Å². The summed E-state index contributed by atoms with van der Waals surface area (Å²) in [6.07, 6.45) is 4.43. The molecule has 0 radical (unpaired) electrons. The van der Waals surface area contributed by atoms with E-state index >= 15 is 0 Å². The smallest absolute Gasteiger partial charge is 0.0502 e. The number of para-hydroxylation sites is 1. The van der Waals surface area contributed by atoms with E-state index in [-0.39, 0.29) is 0 Å². The van der Waals surface area contributed by atoms with Gasteiger partial charge >= 0.3 is 0 Å². The molecule has 1 heterocycles. The average Bonchev–Trinajstić information content (AvgIpc) is 2.99. The van der Waals surface area contributed by atoms with Gasteiger partial charge < -0.3 is 10.7 Å². The maximum atomic E-state index is 5.77. The molecule has 0 amide bonds. The van der Waals surface area contributed by atoms with Crippen molar-refractivity contribution in [3.05, 3.63) is 58.1 Å². The Labute approximate surface area is 164 Å². The minimum atomic E-state index is 0.553. The van der Waals surface area contributed by atoms with Gasteiger partial charge in [0.1, 0.15) is 0 Å². The molecule has 3 aromatic rings. The molecule has 3 rings (SSSR count). The fourth-order valence-electron chi connectivity index (χ4n) is 4.42.